The van der Waals surface area contributed by atoms with E-state index in [1.807, 2.05) is 0 Å². The smallest absolute Gasteiger partial charge is 0.133 e. The molecular formula is C45H43N3. The lowest BCUT2D eigenvalue weighted by Crippen LogP contribution is -2.32. The lowest BCUT2D eigenvalue weighted by molar-refractivity contribution is 0.406. The van der Waals surface area contributed by atoms with Crippen molar-refractivity contribution in [2.75, 3.05) is 9.80 Å². The van der Waals surface area contributed by atoms with Gasteiger partial charge in [-0.3, -0.25) is 4.90 Å². The normalized spacial score (nSPS) is 26.0. The summed E-state index contributed by atoms with van der Waals surface area (Å²) in [5.41, 5.74) is 13.6. The molecule has 4 unspecified atom stereocenters. The van der Waals surface area contributed by atoms with E-state index in [4.69, 9.17) is 4.99 Å². The van der Waals surface area contributed by atoms with Crippen LogP contribution in [0.3, 0.4) is 0 Å². The molecule has 0 amide bonds. The van der Waals surface area contributed by atoms with E-state index in [9.17, 15) is 0 Å². The van der Waals surface area contributed by atoms with Gasteiger partial charge in [0.1, 0.15) is 5.82 Å². The zero-order valence-electron chi connectivity index (χ0n) is 28.2. The number of nitrogens with zero attached hydrogens (tertiary/aromatic N) is 3. The van der Waals surface area contributed by atoms with Gasteiger partial charge in [0.25, 0.3) is 0 Å². The first-order valence-electron chi connectivity index (χ1n) is 17.8. The number of aliphatic imine (C=N–C) groups is 1. The Morgan fingerprint density at radius 2 is 1.73 bits per heavy atom. The summed E-state index contributed by atoms with van der Waals surface area (Å²) in [5.74, 6) is 2.26. The first-order chi connectivity index (χ1) is 23.5. The summed E-state index contributed by atoms with van der Waals surface area (Å²) in [5, 5.41) is 0. The molecule has 0 saturated carbocycles. The predicted molar refractivity (Wildman–Crippen MR) is 202 cm³/mol. The van der Waals surface area contributed by atoms with E-state index < -0.39 is 0 Å². The summed E-state index contributed by atoms with van der Waals surface area (Å²) < 4.78 is 0. The molecule has 0 aromatic heterocycles. The third-order valence-electron chi connectivity index (χ3n) is 11.5. The molecule has 0 fully saturated rings. The van der Waals surface area contributed by atoms with Gasteiger partial charge in [-0.15, -0.1) is 0 Å². The van der Waals surface area contributed by atoms with Gasteiger partial charge in [0, 0.05) is 34.9 Å². The molecule has 0 spiro atoms. The van der Waals surface area contributed by atoms with Crippen LogP contribution >= 0.6 is 0 Å². The minimum Gasteiger partial charge on any atom is -0.337 e. The Bertz CT molecular complexity index is 2040. The van der Waals surface area contributed by atoms with Crippen LogP contribution in [0.2, 0.25) is 0 Å². The highest BCUT2D eigenvalue weighted by molar-refractivity contribution is 5.83. The Morgan fingerprint density at radius 1 is 0.896 bits per heavy atom. The highest BCUT2D eigenvalue weighted by Crippen LogP contribution is 2.54. The molecule has 4 aliphatic carbocycles. The van der Waals surface area contributed by atoms with E-state index in [2.05, 4.69) is 164 Å². The van der Waals surface area contributed by atoms with Crippen LogP contribution in [0.1, 0.15) is 74.6 Å². The minimum atomic E-state index is 0.0747. The number of rotatable bonds is 5. The Hall–Kier alpha value is -4.89. The largest absolute Gasteiger partial charge is 0.337 e. The average molecular weight is 626 g/mol. The fraction of sp³-hybridized carbons (Fsp3) is 0.267. The third-order valence-corrected chi connectivity index (χ3v) is 11.5. The van der Waals surface area contributed by atoms with Gasteiger partial charge < -0.3 is 4.90 Å². The fourth-order valence-electron chi connectivity index (χ4n) is 8.99. The van der Waals surface area contributed by atoms with Crippen molar-refractivity contribution in [3.63, 3.8) is 0 Å². The molecular weight excluding hydrogens is 583 g/mol. The lowest BCUT2D eigenvalue weighted by atomic mass is 9.74. The molecule has 4 atom stereocenters. The summed E-state index contributed by atoms with van der Waals surface area (Å²) in [7, 11) is 0. The zero-order chi connectivity index (χ0) is 32.4. The van der Waals surface area contributed by atoms with Crippen LogP contribution < -0.4 is 9.80 Å². The summed E-state index contributed by atoms with van der Waals surface area (Å²) in [6.07, 6.45) is 27.4. The summed E-state index contributed by atoms with van der Waals surface area (Å²) in [4.78, 5) is 9.97. The monoisotopic (exact) mass is 625 g/mol. The van der Waals surface area contributed by atoms with Crippen LogP contribution in [0, 0.1) is 11.8 Å². The summed E-state index contributed by atoms with van der Waals surface area (Å²) >= 11 is 0. The van der Waals surface area contributed by atoms with Crippen LogP contribution in [-0.2, 0) is 5.41 Å². The van der Waals surface area contributed by atoms with Crippen molar-refractivity contribution in [3.8, 4) is 0 Å². The molecule has 2 heterocycles. The number of para-hydroxylation sites is 1. The molecule has 0 N–H and O–H groups in total. The highest BCUT2D eigenvalue weighted by Gasteiger charge is 2.44. The van der Waals surface area contributed by atoms with E-state index in [1.54, 1.807) is 0 Å². The SMILES string of the molecule is CC1C=C(N(C2=CC=C3c4ccccc4C(C)(C)C3C2)c2ccc(C3=CC4c5ccccc5N(C5=CC=CCC5)C4C=C3)cc2)N=CC1. The molecule has 238 valence electrons. The molecule has 0 bridgehead atoms. The van der Waals surface area contributed by atoms with Crippen LogP contribution in [0.15, 0.2) is 150 Å². The fourth-order valence-corrected chi connectivity index (χ4v) is 8.99. The molecule has 3 aromatic rings. The number of hydrogen-bond donors (Lipinski definition) is 0. The maximum absolute atomic E-state index is 4.97. The van der Waals surface area contributed by atoms with Crippen molar-refractivity contribution in [2.45, 2.75) is 63.8 Å². The highest BCUT2D eigenvalue weighted by atomic mass is 15.2. The molecule has 48 heavy (non-hydrogen) atoms. The summed E-state index contributed by atoms with van der Waals surface area (Å²) in [6.45, 7) is 7.12. The number of benzene rings is 3. The van der Waals surface area contributed by atoms with Gasteiger partial charge in [0.05, 0.1) is 6.04 Å². The van der Waals surface area contributed by atoms with Gasteiger partial charge in [-0.25, -0.2) is 4.99 Å². The quantitative estimate of drug-likeness (QED) is 0.281. The van der Waals surface area contributed by atoms with E-state index in [0.29, 0.717) is 23.8 Å². The van der Waals surface area contributed by atoms with Crippen molar-refractivity contribution in [3.05, 3.63) is 167 Å². The van der Waals surface area contributed by atoms with Crippen molar-refractivity contribution in [1.82, 2.24) is 0 Å². The van der Waals surface area contributed by atoms with Gasteiger partial charge in [-0.1, -0.05) is 112 Å². The van der Waals surface area contributed by atoms with Gasteiger partial charge in [0.2, 0.25) is 0 Å². The minimum absolute atomic E-state index is 0.0747. The van der Waals surface area contributed by atoms with Crippen molar-refractivity contribution in [1.29, 1.82) is 0 Å². The number of anilines is 2. The first-order valence-corrected chi connectivity index (χ1v) is 17.8. The van der Waals surface area contributed by atoms with Crippen LogP contribution in [0.25, 0.3) is 11.1 Å². The van der Waals surface area contributed by atoms with Gasteiger partial charge >= 0.3 is 0 Å². The average Bonchev–Trinajstić information content (AvgIpc) is 3.57. The molecule has 2 aliphatic heterocycles. The van der Waals surface area contributed by atoms with Crippen LogP contribution in [-0.4, -0.2) is 12.3 Å². The molecule has 0 saturated heterocycles. The van der Waals surface area contributed by atoms with Crippen molar-refractivity contribution in [2.24, 2.45) is 16.8 Å². The maximum Gasteiger partial charge on any atom is 0.133 e. The Balaban J connectivity index is 1.05. The Labute approximate surface area is 285 Å². The zero-order valence-corrected chi connectivity index (χ0v) is 28.2. The van der Waals surface area contributed by atoms with E-state index >= 15 is 0 Å². The van der Waals surface area contributed by atoms with Crippen LogP contribution in [0.5, 0.6) is 0 Å². The molecule has 3 nitrogen and oxygen atoms in total. The Kier molecular flexibility index (Phi) is 6.93. The van der Waals surface area contributed by atoms with Gasteiger partial charge in [-0.2, -0.15) is 0 Å². The third kappa shape index (κ3) is 4.66. The topological polar surface area (TPSA) is 18.8 Å². The summed E-state index contributed by atoms with van der Waals surface area (Å²) in [6, 6.07) is 27.5. The standard InChI is InChI=1S/C45H43N3/c1-30-25-26-46-44(27-30)47(35-22-23-37-36-13-7-9-15-40(36)45(2,3)41(37)29-35)34-20-17-31(18-21-34)32-19-24-43-39(28-32)38-14-8-10-16-42(38)48(43)33-11-5-4-6-12-33/h4-5,7-11,13-24,26-28,30,39,41,43H,6,12,25,29H2,1-3H3. The molecule has 0 radical (unpaired) electrons. The molecule has 6 aliphatic rings. The second kappa shape index (κ2) is 11.4. The second-order valence-corrected chi connectivity index (χ2v) is 14.8. The first kappa shape index (κ1) is 29.3. The molecule has 9 rings (SSSR count). The van der Waals surface area contributed by atoms with Gasteiger partial charge in [-0.05, 0) is 113 Å². The predicted octanol–water partition coefficient (Wildman–Crippen LogP) is 10.9. The Morgan fingerprint density at radius 3 is 2.56 bits per heavy atom. The van der Waals surface area contributed by atoms with E-state index in [-0.39, 0.29) is 5.41 Å². The lowest BCUT2D eigenvalue weighted by Gasteiger charge is -2.36. The number of hydrogen-bond acceptors (Lipinski definition) is 3. The molecule has 3 heteroatoms. The molecule has 3 aromatic carbocycles. The van der Waals surface area contributed by atoms with Crippen molar-refractivity contribution < 1.29 is 0 Å². The number of allylic oxidation sites excluding steroid dienone is 11. The number of fused-ring (bicyclic) bond motifs is 6. The maximum atomic E-state index is 4.97. The van der Waals surface area contributed by atoms with E-state index in [0.717, 1.165) is 31.5 Å². The van der Waals surface area contributed by atoms with Crippen LogP contribution in [0.4, 0.5) is 11.4 Å². The van der Waals surface area contributed by atoms with E-state index in [1.165, 1.54) is 56.2 Å². The van der Waals surface area contributed by atoms with Crippen molar-refractivity contribution >= 4 is 28.7 Å². The second-order valence-electron chi connectivity index (χ2n) is 14.8. The van der Waals surface area contributed by atoms with Gasteiger partial charge in [0.15, 0.2) is 0 Å².